The molecule has 3 nitrogen and oxygen atoms in total. The molecule has 1 amide bonds. The molecule has 1 aromatic rings. The first kappa shape index (κ1) is 13.1. The van der Waals surface area contributed by atoms with Gasteiger partial charge in [0.15, 0.2) is 0 Å². The van der Waals surface area contributed by atoms with Crippen molar-refractivity contribution in [2.24, 2.45) is 5.73 Å². The van der Waals surface area contributed by atoms with Crippen LogP contribution in [-0.4, -0.2) is 30.4 Å². The zero-order valence-electron chi connectivity index (χ0n) is 11.1. The third kappa shape index (κ3) is 2.56. The van der Waals surface area contributed by atoms with Gasteiger partial charge in [0.1, 0.15) is 0 Å². The third-order valence-corrected chi connectivity index (χ3v) is 3.64. The van der Waals surface area contributed by atoms with Crippen molar-refractivity contribution in [1.82, 2.24) is 4.90 Å². The van der Waals surface area contributed by atoms with Crippen LogP contribution in [0.3, 0.4) is 0 Å². The van der Waals surface area contributed by atoms with Gasteiger partial charge in [0.25, 0.3) is 0 Å². The van der Waals surface area contributed by atoms with Crippen LogP contribution in [0.25, 0.3) is 0 Å². The zero-order valence-corrected chi connectivity index (χ0v) is 11.1. The Labute approximate surface area is 109 Å². The summed E-state index contributed by atoms with van der Waals surface area (Å²) in [6, 6.07) is 8.23. The fraction of sp³-hybridized carbons (Fsp3) is 0.533. The minimum Gasteiger partial charge on any atom is -0.341 e. The van der Waals surface area contributed by atoms with Crippen LogP contribution in [0.2, 0.25) is 0 Å². The molecule has 0 saturated carbocycles. The monoisotopic (exact) mass is 246 g/mol. The fourth-order valence-electron chi connectivity index (χ4n) is 2.54. The number of hydrogen-bond donors (Lipinski definition) is 1. The second kappa shape index (κ2) is 6.01. The van der Waals surface area contributed by atoms with E-state index in [0.29, 0.717) is 13.1 Å². The van der Waals surface area contributed by atoms with Crippen LogP contribution in [0, 0.1) is 0 Å². The maximum atomic E-state index is 12.5. The Balaban J connectivity index is 2.02. The molecule has 1 aliphatic carbocycles. The molecule has 2 N–H and O–H groups in total. The molecule has 0 aliphatic heterocycles. The van der Waals surface area contributed by atoms with Gasteiger partial charge in [-0.2, -0.15) is 0 Å². The van der Waals surface area contributed by atoms with E-state index in [1.54, 1.807) is 0 Å². The molecule has 0 aromatic heterocycles. The van der Waals surface area contributed by atoms with E-state index in [4.69, 9.17) is 5.73 Å². The number of fused-ring (bicyclic) bond motifs is 1. The highest BCUT2D eigenvalue weighted by Crippen LogP contribution is 2.36. The normalized spacial score (nSPS) is 16.9. The lowest BCUT2D eigenvalue weighted by atomic mass is 9.77. The van der Waals surface area contributed by atoms with Crippen LogP contribution in [-0.2, 0) is 11.2 Å². The standard InChI is InChI=1S/C15H22N2O/c1-2-3-9-17(10-8-16)15(18)14-11-12-6-4-5-7-13(12)14/h4-7,14H,2-3,8-11,16H2,1H3. The second-order valence-corrected chi connectivity index (χ2v) is 4.92. The van der Waals surface area contributed by atoms with Crippen molar-refractivity contribution in [2.45, 2.75) is 32.1 Å². The van der Waals surface area contributed by atoms with Crippen LogP contribution >= 0.6 is 0 Å². The van der Waals surface area contributed by atoms with Gasteiger partial charge < -0.3 is 10.6 Å². The summed E-state index contributed by atoms with van der Waals surface area (Å²) in [5.41, 5.74) is 8.13. The minimum atomic E-state index is 0.0737. The lowest BCUT2D eigenvalue weighted by Gasteiger charge is -2.34. The predicted molar refractivity (Wildman–Crippen MR) is 73.4 cm³/mol. The number of rotatable bonds is 6. The summed E-state index contributed by atoms with van der Waals surface area (Å²) < 4.78 is 0. The first-order valence-corrected chi connectivity index (χ1v) is 6.84. The second-order valence-electron chi connectivity index (χ2n) is 4.92. The molecular formula is C15H22N2O. The molecule has 1 aromatic carbocycles. The first-order valence-electron chi connectivity index (χ1n) is 6.84. The van der Waals surface area contributed by atoms with Crippen molar-refractivity contribution in [3.8, 4) is 0 Å². The van der Waals surface area contributed by atoms with E-state index in [2.05, 4.69) is 19.1 Å². The molecule has 1 unspecified atom stereocenters. The van der Waals surface area contributed by atoms with Crippen molar-refractivity contribution in [3.63, 3.8) is 0 Å². The Morgan fingerprint density at radius 3 is 2.83 bits per heavy atom. The molecule has 2 rings (SSSR count). The Morgan fingerprint density at radius 1 is 1.39 bits per heavy atom. The quantitative estimate of drug-likeness (QED) is 0.833. The molecule has 0 fully saturated rings. The molecule has 18 heavy (non-hydrogen) atoms. The van der Waals surface area contributed by atoms with Crippen LogP contribution in [0.5, 0.6) is 0 Å². The summed E-state index contributed by atoms with van der Waals surface area (Å²) in [6.07, 6.45) is 3.05. The van der Waals surface area contributed by atoms with Crippen molar-refractivity contribution >= 4 is 5.91 Å². The molecule has 0 saturated heterocycles. The average Bonchev–Trinajstić information content (AvgIpc) is 2.35. The largest absolute Gasteiger partial charge is 0.341 e. The van der Waals surface area contributed by atoms with Gasteiger partial charge in [0, 0.05) is 19.6 Å². The number of nitrogens with two attached hydrogens (primary N) is 1. The summed E-state index contributed by atoms with van der Waals surface area (Å²) in [5.74, 6) is 0.331. The molecular weight excluding hydrogens is 224 g/mol. The zero-order chi connectivity index (χ0) is 13.0. The van der Waals surface area contributed by atoms with E-state index < -0.39 is 0 Å². The van der Waals surface area contributed by atoms with Crippen molar-refractivity contribution in [1.29, 1.82) is 0 Å². The highest BCUT2D eigenvalue weighted by Gasteiger charge is 2.34. The molecule has 98 valence electrons. The fourth-order valence-corrected chi connectivity index (χ4v) is 2.54. The number of nitrogens with zero attached hydrogens (tertiary/aromatic N) is 1. The molecule has 3 heteroatoms. The highest BCUT2D eigenvalue weighted by atomic mass is 16.2. The highest BCUT2D eigenvalue weighted by molar-refractivity contribution is 5.87. The predicted octanol–water partition coefficient (Wildman–Crippen LogP) is 1.91. The number of unbranched alkanes of at least 4 members (excludes halogenated alkanes) is 1. The van der Waals surface area contributed by atoms with E-state index in [1.807, 2.05) is 17.0 Å². The van der Waals surface area contributed by atoms with E-state index in [-0.39, 0.29) is 11.8 Å². The number of carbonyl (C=O) groups excluding carboxylic acids is 1. The van der Waals surface area contributed by atoms with Crippen LogP contribution in [0.15, 0.2) is 24.3 Å². The van der Waals surface area contributed by atoms with E-state index in [1.165, 1.54) is 11.1 Å². The molecule has 0 spiro atoms. The Bertz CT molecular complexity index is 417. The van der Waals surface area contributed by atoms with Gasteiger partial charge in [-0.15, -0.1) is 0 Å². The SMILES string of the molecule is CCCCN(CCN)C(=O)C1Cc2ccccc21. The Hall–Kier alpha value is -1.35. The van der Waals surface area contributed by atoms with Gasteiger partial charge in [-0.3, -0.25) is 4.79 Å². The van der Waals surface area contributed by atoms with Crippen molar-refractivity contribution in [3.05, 3.63) is 35.4 Å². The van der Waals surface area contributed by atoms with Crippen LogP contribution in [0.1, 0.15) is 36.8 Å². The summed E-state index contributed by atoms with van der Waals surface area (Å²) in [5, 5.41) is 0. The maximum absolute atomic E-state index is 12.5. The minimum absolute atomic E-state index is 0.0737. The number of amides is 1. The average molecular weight is 246 g/mol. The topological polar surface area (TPSA) is 46.3 Å². The summed E-state index contributed by atoms with van der Waals surface area (Å²) in [6.45, 7) is 4.20. The maximum Gasteiger partial charge on any atom is 0.230 e. The van der Waals surface area contributed by atoms with Crippen molar-refractivity contribution < 1.29 is 4.79 Å². The third-order valence-electron chi connectivity index (χ3n) is 3.64. The van der Waals surface area contributed by atoms with Gasteiger partial charge >= 0.3 is 0 Å². The summed E-state index contributed by atoms with van der Waals surface area (Å²) in [4.78, 5) is 14.4. The molecule has 0 heterocycles. The van der Waals surface area contributed by atoms with E-state index in [0.717, 1.165) is 25.8 Å². The van der Waals surface area contributed by atoms with Crippen LogP contribution < -0.4 is 5.73 Å². The van der Waals surface area contributed by atoms with Gasteiger partial charge in [-0.05, 0) is 24.0 Å². The lowest BCUT2D eigenvalue weighted by molar-refractivity contribution is -0.133. The van der Waals surface area contributed by atoms with Gasteiger partial charge in [0.05, 0.1) is 5.92 Å². The van der Waals surface area contributed by atoms with E-state index in [9.17, 15) is 4.79 Å². The molecule has 0 radical (unpaired) electrons. The van der Waals surface area contributed by atoms with E-state index >= 15 is 0 Å². The van der Waals surface area contributed by atoms with Crippen LogP contribution in [0.4, 0.5) is 0 Å². The number of benzene rings is 1. The molecule has 1 atom stereocenters. The lowest BCUT2D eigenvalue weighted by Crippen LogP contribution is -2.42. The number of carbonyl (C=O) groups is 1. The molecule has 1 aliphatic rings. The summed E-state index contributed by atoms with van der Waals surface area (Å²) in [7, 11) is 0. The number of hydrogen-bond acceptors (Lipinski definition) is 2. The van der Waals surface area contributed by atoms with Gasteiger partial charge in [-0.25, -0.2) is 0 Å². The first-order chi connectivity index (χ1) is 8.77. The summed E-state index contributed by atoms with van der Waals surface area (Å²) >= 11 is 0. The Morgan fingerprint density at radius 2 is 2.17 bits per heavy atom. The van der Waals surface area contributed by atoms with Gasteiger partial charge in [0.2, 0.25) is 5.91 Å². The smallest absolute Gasteiger partial charge is 0.230 e. The van der Waals surface area contributed by atoms with Gasteiger partial charge in [-0.1, -0.05) is 37.6 Å². The Kier molecular flexibility index (Phi) is 4.37. The van der Waals surface area contributed by atoms with Crippen molar-refractivity contribution in [2.75, 3.05) is 19.6 Å². The molecule has 0 bridgehead atoms.